The maximum absolute atomic E-state index is 12.1. The van der Waals surface area contributed by atoms with Gasteiger partial charge >= 0.3 is 6.18 Å². The molecule has 0 aliphatic heterocycles. The molecular weight excluding hydrogens is 333 g/mol. The molecule has 1 rings (SSSR count). The van der Waals surface area contributed by atoms with Gasteiger partial charge in [0.25, 0.3) is 0 Å². The number of rotatable bonds is 6. The number of alkyl halides is 3. The zero-order chi connectivity index (χ0) is 17.5. The van der Waals surface area contributed by atoms with Gasteiger partial charge in [-0.05, 0) is 31.2 Å². The fourth-order valence-corrected chi connectivity index (χ4v) is 2.43. The Morgan fingerprint density at radius 3 is 2.30 bits per heavy atom. The number of sulfonamides is 1. The minimum Gasteiger partial charge on any atom is -0.323 e. The van der Waals surface area contributed by atoms with Crippen LogP contribution in [0.25, 0.3) is 0 Å². The molecule has 0 aliphatic rings. The van der Waals surface area contributed by atoms with Gasteiger partial charge in [-0.25, -0.2) is 13.1 Å². The van der Waals surface area contributed by atoms with E-state index < -0.39 is 28.7 Å². The molecule has 0 heterocycles. The van der Waals surface area contributed by atoms with Crippen LogP contribution in [-0.2, 0) is 14.8 Å². The molecule has 0 saturated heterocycles. The molecule has 0 saturated carbocycles. The molecule has 0 aliphatic carbocycles. The molecule has 1 amide bonds. The van der Waals surface area contributed by atoms with Gasteiger partial charge in [0.1, 0.15) is 6.54 Å². The topological polar surface area (TPSA) is 75.3 Å². The van der Waals surface area contributed by atoms with Crippen molar-refractivity contribution in [3.8, 4) is 0 Å². The fraction of sp³-hybridized carbons (Fsp3) is 0.214. The SMILES string of the molecule is C/C=C/C=C/C(=O)Nc1ccc(S(=O)(=O)NCC(F)(F)F)cc1. The Labute approximate surface area is 131 Å². The minimum absolute atomic E-state index is 0.315. The van der Waals surface area contributed by atoms with Gasteiger partial charge in [-0.15, -0.1) is 0 Å². The van der Waals surface area contributed by atoms with Crippen LogP contribution in [0.1, 0.15) is 6.92 Å². The third-order valence-corrected chi connectivity index (χ3v) is 3.86. The summed E-state index contributed by atoms with van der Waals surface area (Å²) in [7, 11) is -4.26. The van der Waals surface area contributed by atoms with Crippen LogP contribution >= 0.6 is 0 Å². The van der Waals surface area contributed by atoms with Crippen molar-refractivity contribution in [1.29, 1.82) is 0 Å². The lowest BCUT2D eigenvalue weighted by atomic mass is 10.3. The number of anilines is 1. The molecule has 0 aromatic heterocycles. The van der Waals surface area contributed by atoms with E-state index in [4.69, 9.17) is 0 Å². The van der Waals surface area contributed by atoms with E-state index in [1.54, 1.807) is 19.1 Å². The summed E-state index contributed by atoms with van der Waals surface area (Å²) in [6.07, 6.45) is 1.55. The number of carbonyl (C=O) groups is 1. The summed E-state index contributed by atoms with van der Waals surface area (Å²) in [5, 5.41) is 2.48. The molecule has 0 atom stereocenters. The van der Waals surface area contributed by atoms with Crippen molar-refractivity contribution in [2.24, 2.45) is 0 Å². The lowest BCUT2D eigenvalue weighted by molar-refractivity contribution is -0.121. The Hall–Kier alpha value is -2.13. The molecule has 2 N–H and O–H groups in total. The van der Waals surface area contributed by atoms with Gasteiger partial charge in [0.15, 0.2) is 0 Å². The predicted octanol–water partition coefficient (Wildman–Crippen LogP) is 2.60. The van der Waals surface area contributed by atoms with Crippen LogP contribution in [-0.4, -0.2) is 27.0 Å². The second-order valence-electron chi connectivity index (χ2n) is 4.34. The van der Waals surface area contributed by atoms with Crippen LogP contribution in [0.3, 0.4) is 0 Å². The van der Waals surface area contributed by atoms with Gasteiger partial charge in [0.2, 0.25) is 15.9 Å². The molecule has 1 aromatic carbocycles. The molecule has 9 heteroatoms. The fourth-order valence-electron chi connectivity index (χ4n) is 1.42. The summed E-state index contributed by atoms with van der Waals surface area (Å²) in [6.45, 7) is 0.137. The maximum Gasteiger partial charge on any atom is 0.402 e. The van der Waals surface area contributed by atoms with E-state index in [1.807, 2.05) is 0 Å². The molecule has 0 spiro atoms. The largest absolute Gasteiger partial charge is 0.402 e. The summed E-state index contributed by atoms with van der Waals surface area (Å²) in [5.74, 6) is -0.422. The van der Waals surface area contributed by atoms with Gasteiger partial charge in [-0.3, -0.25) is 4.79 Å². The average Bonchev–Trinajstić information content (AvgIpc) is 2.45. The van der Waals surface area contributed by atoms with Crippen molar-refractivity contribution in [3.05, 3.63) is 48.6 Å². The zero-order valence-electron chi connectivity index (χ0n) is 12.1. The van der Waals surface area contributed by atoms with Crippen molar-refractivity contribution < 1.29 is 26.4 Å². The molecule has 0 radical (unpaired) electrons. The lowest BCUT2D eigenvalue weighted by Gasteiger charge is -2.10. The van der Waals surface area contributed by atoms with E-state index >= 15 is 0 Å². The molecule has 1 aromatic rings. The second-order valence-corrected chi connectivity index (χ2v) is 6.11. The average molecular weight is 348 g/mol. The molecule has 0 unspecified atom stereocenters. The van der Waals surface area contributed by atoms with Crippen LogP contribution in [0.4, 0.5) is 18.9 Å². The highest BCUT2D eigenvalue weighted by atomic mass is 32.2. The van der Waals surface area contributed by atoms with Crippen LogP contribution in [0, 0.1) is 0 Å². The van der Waals surface area contributed by atoms with Crippen LogP contribution in [0.15, 0.2) is 53.5 Å². The van der Waals surface area contributed by atoms with Gasteiger partial charge < -0.3 is 5.32 Å². The first-order chi connectivity index (χ1) is 10.6. The van der Waals surface area contributed by atoms with Crippen molar-refractivity contribution in [1.82, 2.24) is 4.72 Å². The minimum atomic E-state index is -4.64. The molecule has 23 heavy (non-hydrogen) atoms. The highest BCUT2D eigenvalue weighted by molar-refractivity contribution is 7.89. The van der Waals surface area contributed by atoms with Crippen molar-refractivity contribution in [2.45, 2.75) is 18.0 Å². The molecular formula is C14H15F3N2O3S. The monoisotopic (exact) mass is 348 g/mol. The summed E-state index contributed by atoms with van der Waals surface area (Å²) < 4.78 is 60.9. The molecule has 0 fully saturated rings. The Balaban J connectivity index is 2.74. The maximum atomic E-state index is 12.1. The Bertz CT molecular complexity index is 693. The van der Waals surface area contributed by atoms with E-state index in [2.05, 4.69) is 5.32 Å². The number of hydrogen-bond donors (Lipinski definition) is 2. The van der Waals surface area contributed by atoms with Crippen LogP contribution in [0.5, 0.6) is 0 Å². The van der Waals surface area contributed by atoms with Gasteiger partial charge in [-0.2, -0.15) is 13.2 Å². The summed E-state index contributed by atoms with van der Waals surface area (Å²) >= 11 is 0. The van der Waals surface area contributed by atoms with Crippen molar-refractivity contribution in [2.75, 3.05) is 11.9 Å². The molecule has 5 nitrogen and oxygen atoms in total. The third kappa shape index (κ3) is 7.11. The summed E-state index contributed by atoms with van der Waals surface area (Å²) in [6, 6.07) is 4.76. The quantitative estimate of drug-likeness (QED) is 0.613. The Kier molecular flexibility index (Phi) is 6.52. The molecule has 0 bridgehead atoms. The normalized spacial score (nSPS) is 12.9. The number of allylic oxidation sites excluding steroid dienone is 3. The Morgan fingerprint density at radius 2 is 1.78 bits per heavy atom. The first-order valence-electron chi connectivity index (χ1n) is 6.41. The van der Waals surface area contributed by atoms with Crippen LogP contribution in [0.2, 0.25) is 0 Å². The number of halogens is 3. The highest BCUT2D eigenvalue weighted by Gasteiger charge is 2.29. The number of hydrogen-bond acceptors (Lipinski definition) is 3. The van der Waals surface area contributed by atoms with E-state index in [0.717, 1.165) is 12.1 Å². The Morgan fingerprint density at radius 1 is 1.17 bits per heavy atom. The van der Waals surface area contributed by atoms with E-state index in [-0.39, 0.29) is 4.90 Å². The number of amides is 1. The number of benzene rings is 1. The van der Waals surface area contributed by atoms with Crippen molar-refractivity contribution in [3.63, 3.8) is 0 Å². The smallest absolute Gasteiger partial charge is 0.323 e. The van der Waals surface area contributed by atoms with Gasteiger partial charge in [0, 0.05) is 11.8 Å². The summed E-state index contributed by atoms with van der Waals surface area (Å²) in [4.78, 5) is 11.2. The van der Waals surface area contributed by atoms with Gasteiger partial charge in [0.05, 0.1) is 4.90 Å². The van der Waals surface area contributed by atoms with Gasteiger partial charge in [-0.1, -0.05) is 18.2 Å². The van der Waals surface area contributed by atoms with Crippen LogP contribution < -0.4 is 10.0 Å². The zero-order valence-corrected chi connectivity index (χ0v) is 12.9. The highest BCUT2D eigenvalue weighted by Crippen LogP contribution is 2.17. The van der Waals surface area contributed by atoms with Crippen molar-refractivity contribution >= 4 is 21.6 Å². The summed E-state index contributed by atoms with van der Waals surface area (Å²) in [5.41, 5.74) is 0.315. The second kappa shape index (κ2) is 7.93. The number of nitrogens with one attached hydrogen (secondary N) is 2. The predicted molar refractivity (Wildman–Crippen MR) is 80.3 cm³/mol. The van der Waals surface area contributed by atoms with E-state index in [0.29, 0.717) is 5.69 Å². The standard InChI is InChI=1S/C14H15F3N2O3S/c1-2-3-4-5-13(20)19-11-6-8-12(9-7-11)23(21,22)18-10-14(15,16)17/h2-9,18H,10H2,1H3,(H,19,20)/b3-2+,5-4+. The number of carbonyl (C=O) groups excluding carboxylic acids is 1. The van der Waals surface area contributed by atoms with E-state index in [9.17, 15) is 26.4 Å². The lowest BCUT2D eigenvalue weighted by Crippen LogP contribution is -2.33. The molecule has 126 valence electrons. The first kappa shape index (κ1) is 18.9. The van der Waals surface area contributed by atoms with E-state index in [1.165, 1.54) is 29.0 Å². The third-order valence-electron chi connectivity index (χ3n) is 2.45. The first-order valence-corrected chi connectivity index (χ1v) is 7.89.